The third-order valence-corrected chi connectivity index (χ3v) is 7.38. The van der Waals surface area contributed by atoms with Crippen molar-refractivity contribution in [1.29, 1.82) is 0 Å². The van der Waals surface area contributed by atoms with Gasteiger partial charge in [-0.2, -0.15) is 0 Å². The van der Waals surface area contributed by atoms with Crippen molar-refractivity contribution in [3.8, 4) is 11.5 Å². The SMILES string of the molecule is O=C(NCc1nnc(-c2ccccc2)o1)C1CCCN(c2cccc3c2C(=O)N(c2ccc(F)c(Cl)c2)C3=O)C1. The quantitative estimate of drug-likeness (QED) is 0.336. The Kier molecular flexibility index (Phi) is 6.77. The maximum Gasteiger partial charge on any atom is 0.268 e. The molecule has 202 valence electrons. The van der Waals surface area contributed by atoms with Crippen molar-refractivity contribution >= 4 is 40.7 Å². The maximum absolute atomic E-state index is 13.7. The van der Waals surface area contributed by atoms with Crippen LogP contribution in [0.2, 0.25) is 5.02 Å². The van der Waals surface area contributed by atoms with Gasteiger partial charge in [0.2, 0.25) is 17.7 Å². The number of amides is 3. The number of aromatic nitrogens is 2. The minimum atomic E-state index is -0.643. The van der Waals surface area contributed by atoms with Crippen LogP contribution in [0.15, 0.2) is 71.1 Å². The molecular weight excluding hydrogens is 537 g/mol. The fraction of sp³-hybridized carbons (Fsp3) is 0.207. The number of carbonyl (C=O) groups is 3. The molecular formula is C29H23ClFN5O4. The number of imide groups is 1. The zero-order chi connectivity index (χ0) is 27.8. The Labute approximate surface area is 233 Å². The van der Waals surface area contributed by atoms with E-state index in [4.69, 9.17) is 16.0 Å². The summed E-state index contributed by atoms with van der Waals surface area (Å²) >= 11 is 5.91. The molecule has 40 heavy (non-hydrogen) atoms. The molecule has 2 aliphatic rings. The van der Waals surface area contributed by atoms with Gasteiger partial charge in [0.1, 0.15) is 5.82 Å². The van der Waals surface area contributed by atoms with Gasteiger partial charge in [0.25, 0.3) is 11.8 Å². The van der Waals surface area contributed by atoms with Gasteiger partial charge in [-0.15, -0.1) is 10.2 Å². The molecule has 6 rings (SSSR count). The van der Waals surface area contributed by atoms with Crippen LogP contribution in [0.1, 0.15) is 39.4 Å². The number of nitrogens with zero attached hydrogens (tertiary/aromatic N) is 4. The van der Waals surface area contributed by atoms with Crippen LogP contribution in [0.25, 0.3) is 11.5 Å². The highest BCUT2D eigenvalue weighted by molar-refractivity contribution is 6.37. The number of nitrogens with one attached hydrogen (secondary N) is 1. The Balaban J connectivity index is 1.16. The Bertz CT molecular complexity index is 1630. The molecule has 4 aromatic rings. The van der Waals surface area contributed by atoms with Crippen LogP contribution < -0.4 is 15.1 Å². The fourth-order valence-electron chi connectivity index (χ4n) is 5.13. The minimum absolute atomic E-state index is 0.0953. The van der Waals surface area contributed by atoms with E-state index in [2.05, 4.69) is 15.5 Å². The van der Waals surface area contributed by atoms with E-state index in [-0.39, 0.29) is 40.2 Å². The molecule has 1 saturated heterocycles. The highest BCUT2D eigenvalue weighted by Crippen LogP contribution is 2.37. The lowest BCUT2D eigenvalue weighted by molar-refractivity contribution is -0.125. The number of halogens is 2. The highest BCUT2D eigenvalue weighted by atomic mass is 35.5. The third kappa shape index (κ3) is 4.71. The molecule has 3 aromatic carbocycles. The van der Waals surface area contributed by atoms with E-state index in [0.717, 1.165) is 23.0 Å². The molecule has 1 aromatic heterocycles. The zero-order valence-electron chi connectivity index (χ0n) is 21.1. The minimum Gasteiger partial charge on any atom is -0.419 e. The molecule has 1 fully saturated rings. The first-order valence-electron chi connectivity index (χ1n) is 12.8. The van der Waals surface area contributed by atoms with E-state index in [1.807, 2.05) is 35.2 Å². The van der Waals surface area contributed by atoms with E-state index in [1.54, 1.807) is 18.2 Å². The van der Waals surface area contributed by atoms with E-state index >= 15 is 0 Å². The molecule has 9 nitrogen and oxygen atoms in total. The molecule has 0 bridgehead atoms. The van der Waals surface area contributed by atoms with Crippen molar-refractivity contribution in [2.75, 3.05) is 22.9 Å². The summed E-state index contributed by atoms with van der Waals surface area (Å²) in [6.07, 6.45) is 1.39. The lowest BCUT2D eigenvalue weighted by atomic mass is 9.95. The second-order valence-corrected chi connectivity index (χ2v) is 10.0. The van der Waals surface area contributed by atoms with E-state index in [1.165, 1.54) is 12.1 Å². The summed E-state index contributed by atoms with van der Waals surface area (Å²) in [5.41, 5.74) is 2.07. The van der Waals surface area contributed by atoms with Crippen LogP contribution >= 0.6 is 11.6 Å². The van der Waals surface area contributed by atoms with E-state index < -0.39 is 17.6 Å². The molecule has 0 saturated carbocycles. The number of anilines is 2. The number of benzene rings is 3. The number of carbonyl (C=O) groups excluding carboxylic acids is 3. The number of rotatable bonds is 6. The van der Waals surface area contributed by atoms with E-state index in [0.29, 0.717) is 37.0 Å². The summed E-state index contributed by atoms with van der Waals surface area (Å²) in [5, 5.41) is 10.8. The number of fused-ring (bicyclic) bond motifs is 1. The zero-order valence-corrected chi connectivity index (χ0v) is 21.9. The third-order valence-electron chi connectivity index (χ3n) is 7.09. The Hall–Kier alpha value is -4.57. The molecule has 1 N–H and O–H groups in total. The van der Waals surface area contributed by atoms with Crippen LogP contribution in [0, 0.1) is 11.7 Å². The second kappa shape index (κ2) is 10.5. The van der Waals surface area contributed by atoms with Gasteiger partial charge in [-0.05, 0) is 55.3 Å². The molecule has 3 heterocycles. The van der Waals surface area contributed by atoms with Gasteiger partial charge in [-0.1, -0.05) is 35.9 Å². The summed E-state index contributed by atoms with van der Waals surface area (Å²) in [4.78, 5) is 42.7. The smallest absolute Gasteiger partial charge is 0.268 e. The first kappa shape index (κ1) is 25.7. The Morgan fingerprint density at radius 1 is 1.05 bits per heavy atom. The lowest BCUT2D eigenvalue weighted by Crippen LogP contribution is -2.43. The first-order valence-corrected chi connectivity index (χ1v) is 13.2. The monoisotopic (exact) mass is 559 g/mol. The second-order valence-electron chi connectivity index (χ2n) is 9.61. The Morgan fingerprint density at radius 2 is 1.88 bits per heavy atom. The molecule has 0 radical (unpaired) electrons. The van der Waals surface area contributed by atoms with Gasteiger partial charge in [0, 0.05) is 18.7 Å². The van der Waals surface area contributed by atoms with Gasteiger partial charge in [-0.25, -0.2) is 9.29 Å². The first-order chi connectivity index (χ1) is 19.4. The molecule has 0 aliphatic carbocycles. The predicted molar refractivity (Wildman–Crippen MR) is 146 cm³/mol. The maximum atomic E-state index is 13.7. The van der Waals surface area contributed by atoms with Crippen LogP contribution in [-0.4, -0.2) is 41.0 Å². The van der Waals surface area contributed by atoms with Crippen molar-refractivity contribution < 1.29 is 23.2 Å². The van der Waals surface area contributed by atoms with Gasteiger partial charge in [0.05, 0.1) is 40.0 Å². The summed E-state index contributed by atoms with van der Waals surface area (Å²) < 4.78 is 19.4. The molecule has 1 atom stereocenters. The normalized spacial score (nSPS) is 16.8. The summed E-state index contributed by atoms with van der Waals surface area (Å²) in [6, 6.07) is 18.1. The number of hydrogen-bond donors (Lipinski definition) is 1. The van der Waals surface area contributed by atoms with Crippen molar-refractivity contribution in [2.24, 2.45) is 5.92 Å². The van der Waals surface area contributed by atoms with Crippen LogP contribution in [-0.2, 0) is 11.3 Å². The standard InChI is InChI=1S/C29H23ClFN5O4/c30-21-14-19(11-12-22(21)31)36-28(38)20-9-4-10-23(25(20)29(36)39)35-13-5-8-18(16-35)26(37)32-15-24-33-34-27(40-24)17-6-2-1-3-7-17/h1-4,6-7,9-12,14,18H,5,8,13,15-16H2,(H,32,37). The van der Waals surface area contributed by atoms with Crippen LogP contribution in [0.5, 0.6) is 0 Å². The molecule has 3 amide bonds. The van der Waals surface area contributed by atoms with Crippen molar-refractivity contribution in [3.05, 3.63) is 94.6 Å². The predicted octanol–water partition coefficient (Wildman–Crippen LogP) is 4.86. The average molecular weight is 560 g/mol. The number of piperidine rings is 1. The van der Waals surface area contributed by atoms with Gasteiger partial charge in [-0.3, -0.25) is 14.4 Å². The molecule has 11 heteroatoms. The van der Waals surface area contributed by atoms with Crippen LogP contribution in [0.3, 0.4) is 0 Å². The molecule has 2 aliphatic heterocycles. The molecule has 0 spiro atoms. The lowest BCUT2D eigenvalue weighted by Gasteiger charge is -2.34. The van der Waals surface area contributed by atoms with Crippen molar-refractivity contribution in [3.63, 3.8) is 0 Å². The largest absolute Gasteiger partial charge is 0.419 e. The number of hydrogen-bond acceptors (Lipinski definition) is 7. The summed E-state index contributed by atoms with van der Waals surface area (Å²) in [7, 11) is 0. The highest BCUT2D eigenvalue weighted by Gasteiger charge is 2.40. The summed E-state index contributed by atoms with van der Waals surface area (Å²) in [6.45, 7) is 1.08. The van der Waals surface area contributed by atoms with E-state index in [9.17, 15) is 18.8 Å². The topological polar surface area (TPSA) is 109 Å². The summed E-state index contributed by atoms with van der Waals surface area (Å²) in [5.74, 6) is -1.51. The fourth-order valence-corrected chi connectivity index (χ4v) is 5.30. The molecule has 1 unspecified atom stereocenters. The van der Waals surface area contributed by atoms with Gasteiger partial charge in [0.15, 0.2) is 0 Å². The van der Waals surface area contributed by atoms with Gasteiger partial charge < -0.3 is 14.6 Å². The average Bonchev–Trinajstić information content (AvgIpc) is 3.56. The Morgan fingerprint density at radius 3 is 2.67 bits per heavy atom. The van der Waals surface area contributed by atoms with Crippen LogP contribution in [0.4, 0.5) is 15.8 Å². The van der Waals surface area contributed by atoms with Gasteiger partial charge >= 0.3 is 0 Å². The van der Waals surface area contributed by atoms with Crippen molar-refractivity contribution in [1.82, 2.24) is 15.5 Å². The van der Waals surface area contributed by atoms with Crippen molar-refractivity contribution in [2.45, 2.75) is 19.4 Å².